The van der Waals surface area contributed by atoms with Gasteiger partial charge in [-0.2, -0.15) is 0 Å². The predicted octanol–water partition coefficient (Wildman–Crippen LogP) is 4.55. The second kappa shape index (κ2) is 9.48. The largest absolute Gasteiger partial charge is 0.349 e. The normalized spacial score (nSPS) is 11.7. The average molecular weight is 399 g/mol. The van der Waals surface area contributed by atoms with Crippen LogP contribution in [0.25, 0.3) is 0 Å². The molecule has 2 aromatic heterocycles. The van der Waals surface area contributed by atoms with Crippen LogP contribution in [0.1, 0.15) is 33.5 Å². The van der Waals surface area contributed by atoms with Gasteiger partial charge >= 0.3 is 0 Å². The highest BCUT2D eigenvalue weighted by atomic mass is 32.1. The lowest BCUT2D eigenvalue weighted by Crippen LogP contribution is -2.38. The third-order valence-electron chi connectivity index (χ3n) is 4.10. The van der Waals surface area contributed by atoms with Crippen LogP contribution in [-0.2, 0) is 17.9 Å². The standard InChI is InChI=1S/C21H22N2O2S2/c1-16(22-21(25)17-7-3-2-4-8-17)13-20(24)23(14-18-9-5-11-26-18)15-19-10-6-12-27-19/h2-12,16H,13-15H2,1H3,(H,22,25)/t16-/m1/s1. The van der Waals surface area contributed by atoms with Gasteiger partial charge in [0.1, 0.15) is 0 Å². The molecular weight excluding hydrogens is 376 g/mol. The van der Waals surface area contributed by atoms with Crippen molar-refractivity contribution in [2.45, 2.75) is 32.5 Å². The Labute approximate surface area is 167 Å². The monoisotopic (exact) mass is 398 g/mol. The summed E-state index contributed by atoms with van der Waals surface area (Å²) in [6.45, 7) is 3.05. The molecule has 0 spiro atoms. The molecule has 4 nitrogen and oxygen atoms in total. The lowest BCUT2D eigenvalue weighted by atomic mass is 10.1. The molecule has 2 heterocycles. The van der Waals surface area contributed by atoms with Crippen LogP contribution in [0.3, 0.4) is 0 Å². The van der Waals surface area contributed by atoms with Crippen molar-refractivity contribution < 1.29 is 9.59 Å². The molecule has 27 heavy (non-hydrogen) atoms. The molecule has 0 unspecified atom stereocenters. The van der Waals surface area contributed by atoms with Crippen molar-refractivity contribution in [1.29, 1.82) is 0 Å². The van der Waals surface area contributed by atoms with E-state index in [1.807, 2.05) is 65.0 Å². The number of nitrogens with zero attached hydrogens (tertiary/aromatic N) is 1. The molecule has 1 aromatic carbocycles. The van der Waals surface area contributed by atoms with Crippen LogP contribution in [0.2, 0.25) is 0 Å². The molecule has 1 N–H and O–H groups in total. The molecule has 0 bridgehead atoms. The smallest absolute Gasteiger partial charge is 0.251 e. The molecule has 0 fully saturated rings. The van der Waals surface area contributed by atoms with Crippen molar-refractivity contribution in [3.63, 3.8) is 0 Å². The maximum absolute atomic E-state index is 12.9. The molecule has 0 aliphatic heterocycles. The summed E-state index contributed by atoms with van der Waals surface area (Å²) < 4.78 is 0. The molecule has 3 rings (SSSR count). The van der Waals surface area contributed by atoms with Crippen LogP contribution < -0.4 is 5.32 Å². The van der Waals surface area contributed by atoms with Gasteiger partial charge < -0.3 is 10.2 Å². The van der Waals surface area contributed by atoms with Crippen molar-refractivity contribution >= 4 is 34.5 Å². The van der Waals surface area contributed by atoms with Crippen molar-refractivity contribution in [2.75, 3.05) is 0 Å². The summed E-state index contributed by atoms with van der Waals surface area (Å²) in [5, 5.41) is 6.96. The molecule has 0 saturated heterocycles. The fraction of sp³-hybridized carbons (Fsp3) is 0.238. The number of hydrogen-bond acceptors (Lipinski definition) is 4. The Bertz CT molecular complexity index is 809. The van der Waals surface area contributed by atoms with Gasteiger partial charge in [-0.3, -0.25) is 9.59 Å². The predicted molar refractivity (Wildman–Crippen MR) is 111 cm³/mol. The van der Waals surface area contributed by atoms with E-state index in [1.54, 1.807) is 34.8 Å². The second-order valence-corrected chi connectivity index (χ2v) is 8.42. The molecular formula is C21H22N2O2S2. The highest BCUT2D eigenvalue weighted by molar-refractivity contribution is 7.10. The fourth-order valence-corrected chi connectivity index (χ4v) is 4.19. The van der Waals surface area contributed by atoms with Gasteiger partial charge in [0.25, 0.3) is 5.91 Å². The Morgan fingerprint density at radius 1 is 0.926 bits per heavy atom. The number of hydrogen-bond donors (Lipinski definition) is 1. The Morgan fingerprint density at radius 3 is 2.04 bits per heavy atom. The molecule has 0 aliphatic rings. The number of nitrogens with one attached hydrogen (secondary N) is 1. The Morgan fingerprint density at radius 2 is 1.52 bits per heavy atom. The van der Waals surface area contributed by atoms with E-state index in [0.717, 1.165) is 9.75 Å². The zero-order chi connectivity index (χ0) is 19.1. The molecule has 0 radical (unpaired) electrons. The van der Waals surface area contributed by atoms with Gasteiger partial charge in [-0.05, 0) is 41.9 Å². The molecule has 3 aromatic rings. The van der Waals surface area contributed by atoms with Gasteiger partial charge in [0.15, 0.2) is 0 Å². The number of benzene rings is 1. The lowest BCUT2D eigenvalue weighted by Gasteiger charge is -2.24. The van der Waals surface area contributed by atoms with Crippen molar-refractivity contribution in [3.05, 3.63) is 80.7 Å². The van der Waals surface area contributed by atoms with Crippen LogP contribution in [0.4, 0.5) is 0 Å². The number of carbonyl (C=O) groups is 2. The van der Waals surface area contributed by atoms with Gasteiger partial charge in [-0.25, -0.2) is 0 Å². The summed E-state index contributed by atoms with van der Waals surface area (Å²) in [7, 11) is 0. The first-order chi connectivity index (χ1) is 13.1. The first-order valence-electron chi connectivity index (χ1n) is 8.80. The van der Waals surface area contributed by atoms with E-state index in [4.69, 9.17) is 0 Å². The number of amides is 2. The Balaban J connectivity index is 1.61. The minimum Gasteiger partial charge on any atom is -0.349 e. The summed E-state index contributed by atoms with van der Waals surface area (Å²) in [5.74, 6) is -0.114. The summed E-state index contributed by atoms with van der Waals surface area (Å²) in [5.41, 5.74) is 0.603. The van der Waals surface area contributed by atoms with E-state index in [-0.39, 0.29) is 24.3 Å². The summed E-state index contributed by atoms with van der Waals surface area (Å²) >= 11 is 3.30. The van der Waals surface area contributed by atoms with E-state index in [9.17, 15) is 9.59 Å². The summed E-state index contributed by atoms with van der Waals surface area (Å²) in [4.78, 5) is 29.4. The van der Waals surface area contributed by atoms with Crippen LogP contribution in [0.15, 0.2) is 65.4 Å². The van der Waals surface area contributed by atoms with Crippen LogP contribution in [0.5, 0.6) is 0 Å². The molecule has 1 atom stereocenters. The van der Waals surface area contributed by atoms with Crippen molar-refractivity contribution in [1.82, 2.24) is 10.2 Å². The number of rotatable bonds is 8. The van der Waals surface area contributed by atoms with Gasteiger partial charge in [-0.15, -0.1) is 22.7 Å². The highest BCUT2D eigenvalue weighted by Crippen LogP contribution is 2.18. The first-order valence-corrected chi connectivity index (χ1v) is 10.6. The summed E-state index contributed by atoms with van der Waals surface area (Å²) in [6, 6.07) is 16.9. The van der Waals surface area contributed by atoms with Crippen LogP contribution in [0, 0.1) is 0 Å². The topological polar surface area (TPSA) is 49.4 Å². The number of thiophene rings is 2. The molecule has 0 aliphatic carbocycles. The molecule has 6 heteroatoms. The molecule has 140 valence electrons. The van der Waals surface area contributed by atoms with Gasteiger partial charge in [0.05, 0.1) is 13.1 Å². The van der Waals surface area contributed by atoms with E-state index in [2.05, 4.69) is 5.32 Å². The lowest BCUT2D eigenvalue weighted by molar-refractivity contribution is -0.132. The minimum atomic E-state index is -0.237. The Kier molecular flexibility index (Phi) is 6.79. The third-order valence-corrected chi connectivity index (χ3v) is 5.82. The van der Waals surface area contributed by atoms with Crippen molar-refractivity contribution in [3.8, 4) is 0 Å². The first kappa shape index (κ1) is 19.3. The highest BCUT2D eigenvalue weighted by Gasteiger charge is 2.19. The van der Waals surface area contributed by atoms with Gasteiger partial charge in [-0.1, -0.05) is 30.3 Å². The average Bonchev–Trinajstić information content (AvgIpc) is 3.36. The second-order valence-electron chi connectivity index (χ2n) is 6.35. The fourth-order valence-electron chi connectivity index (χ4n) is 2.75. The third kappa shape index (κ3) is 5.77. The Hall–Kier alpha value is -2.44. The minimum absolute atomic E-state index is 0.0395. The molecule has 2 amide bonds. The van der Waals surface area contributed by atoms with Crippen molar-refractivity contribution in [2.24, 2.45) is 0 Å². The van der Waals surface area contributed by atoms with Gasteiger partial charge in [0, 0.05) is 27.8 Å². The maximum atomic E-state index is 12.9. The van der Waals surface area contributed by atoms with Crippen LogP contribution in [-0.4, -0.2) is 22.8 Å². The quantitative estimate of drug-likeness (QED) is 0.605. The zero-order valence-corrected chi connectivity index (χ0v) is 16.8. The van der Waals surface area contributed by atoms with E-state index in [1.165, 1.54) is 0 Å². The van der Waals surface area contributed by atoms with E-state index in [0.29, 0.717) is 18.7 Å². The number of carbonyl (C=O) groups excluding carboxylic acids is 2. The maximum Gasteiger partial charge on any atom is 0.251 e. The van der Waals surface area contributed by atoms with E-state index >= 15 is 0 Å². The SMILES string of the molecule is C[C@H](CC(=O)N(Cc1cccs1)Cc1cccs1)NC(=O)c1ccccc1. The zero-order valence-electron chi connectivity index (χ0n) is 15.1. The van der Waals surface area contributed by atoms with Gasteiger partial charge in [0.2, 0.25) is 5.91 Å². The summed E-state index contributed by atoms with van der Waals surface area (Å²) in [6.07, 6.45) is 0.273. The molecule has 0 saturated carbocycles. The van der Waals surface area contributed by atoms with E-state index < -0.39 is 0 Å². The van der Waals surface area contributed by atoms with Crippen LogP contribution >= 0.6 is 22.7 Å².